The molecule has 24 heavy (non-hydrogen) atoms. The van der Waals surface area contributed by atoms with Crippen molar-refractivity contribution in [3.63, 3.8) is 0 Å². The van der Waals surface area contributed by atoms with Crippen molar-refractivity contribution in [2.24, 2.45) is 5.41 Å². The Morgan fingerprint density at radius 2 is 2.04 bits per heavy atom. The second-order valence-corrected chi connectivity index (χ2v) is 7.47. The molecule has 4 nitrogen and oxygen atoms in total. The van der Waals surface area contributed by atoms with E-state index in [-0.39, 0.29) is 12.0 Å². The van der Waals surface area contributed by atoms with E-state index in [1.165, 1.54) is 18.4 Å². The van der Waals surface area contributed by atoms with Crippen LogP contribution in [0.5, 0.6) is 0 Å². The summed E-state index contributed by atoms with van der Waals surface area (Å²) >= 11 is 0. The van der Waals surface area contributed by atoms with Gasteiger partial charge in [-0.05, 0) is 44.2 Å². The highest BCUT2D eigenvalue weighted by molar-refractivity contribution is 5.21. The van der Waals surface area contributed by atoms with E-state index in [9.17, 15) is 5.11 Å². The SMILES string of the molecule is CCn1ccc(CN2[C@@H]3CC[C@H]2[C@](CO)(Cc2ccccc2)C3)n1. The highest BCUT2D eigenvalue weighted by Crippen LogP contribution is 2.51. The lowest BCUT2D eigenvalue weighted by Gasteiger charge is -2.36. The van der Waals surface area contributed by atoms with Crippen LogP contribution in [-0.4, -0.2) is 38.5 Å². The molecule has 4 rings (SSSR count). The minimum atomic E-state index is 0.0115. The van der Waals surface area contributed by atoms with Gasteiger partial charge in [-0.25, -0.2) is 0 Å². The van der Waals surface area contributed by atoms with Crippen LogP contribution in [0.2, 0.25) is 0 Å². The lowest BCUT2D eigenvalue weighted by molar-refractivity contribution is 0.0747. The Hall–Kier alpha value is -1.65. The average Bonchev–Trinajstić information content (AvgIpc) is 3.30. The first kappa shape index (κ1) is 15.9. The van der Waals surface area contributed by atoms with Crippen molar-refractivity contribution in [2.45, 2.75) is 57.8 Å². The smallest absolute Gasteiger partial charge is 0.0765 e. The fourth-order valence-corrected chi connectivity index (χ4v) is 4.93. The van der Waals surface area contributed by atoms with Gasteiger partial charge in [0.05, 0.1) is 12.3 Å². The van der Waals surface area contributed by atoms with E-state index in [2.05, 4.69) is 59.5 Å². The van der Waals surface area contributed by atoms with Crippen LogP contribution in [0.3, 0.4) is 0 Å². The van der Waals surface area contributed by atoms with Crippen molar-refractivity contribution in [1.82, 2.24) is 14.7 Å². The van der Waals surface area contributed by atoms with Crippen molar-refractivity contribution >= 4 is 0 Å². The zero-order chi connectivity index (χ0) is 16.6. The zero-order valence-electron chi connectivity index (χ0n) is 14.4. The Balaban J connectivity index is 1.54. The lowest BCUT2D eigenvalue weighted by atomic mass is 9.70. The lowest BCUT2D eigenvalue weighted by Crippen LogP contribution is -2.41. The van der Waals surface area contributed by atoms with E-state index in [0.717, 1.165) is 31.6 Å². The minimum absolute atomic E-state index is 0.0115. The summed E-state index contributed by atoms with van der Waals surface area (Å²) in [5.74, 6) is 0. The Bertz CT molecular complexity index is 683. The number of benzene rings is 1. The number of nitrogens with zero attached hydrogens (tertiary/aromatic N) is 3. The molecular formula is C20H27N3O. The van der Waals surface area contributed by atoms with E-state index in [1.807, 2.05) is 4.68 Å². The summed E-state index contributed by atoms with van der Waals surface area (Å²) in [5, 5.41) is 14.9. The highest BCUT2D eigenvalue weighted by Gasteiger charge is 2.55. The van der Waals surface area contributed by atoms with Crippen LogP contribution in [0.1, 0.15) is 37.4 Å². The van der Waals surface area contributed by atoms with Crippen LogP contribution in [0.4, 0.5) is 0 Å². The van der Waals surface area contributed by atoms with Gasteiger partial charge in [0.2, 0.25) is 0 Å². The molecule has 0 amide bonds. The highest BCUT2D eigenvalue weighted by atomic mass is 16.3. The summed E-state index contributed by atoms with van der Waals surface area (Å²) in [6, 6.07) is 13.8. The topological polar surface area (TPSA) is 41.3 Å². The maximum absolute atomic E-state index is 10.3. The van der Waals surface area contributed by atoms with Gasteiger partial charge < -0.3 is 5.11 Å². The molecule has 1 N–H and O–H groups in total. The molecule has 1 aromatic heterocycles. The molecule has 2 bridgehead atoms. The number of aliphatic hydroxyl groups excluding tert-OH is 1. The third-order valence-corrected chi connectivity index (χ3v) is 6.07. The predicted octanol–water partition coefficient (Wildman–Crippen LogP) is 2.86. The van der Waals surface area contributed by atoms with Gasteiger partial charge in [0, 0.05) is 36.8 Å². The summed E-state index contributed by atoms with van der Waals surface area (Å²) in [7, 11) is 0. The first-order valence-corrected chi connectivity index (χ1v) is 9.17. The van der Waals surface area contributed by atoms with E-state index in [0.29, 0.717) is 12.1 Å². The molecule has 3 atom stereocenters. The molecule has 0 spiro atoms. The summed E-state index contributed by atoms with van der Waals surface area (Å²) < 4.78 is 2.00. The molecule has 0 aliphatic carbocycles. The summed E-state index contributed by atoms with van der Waals surface area (Å²) in [5.41, 5.74) is 2.51. The maximum Gasteiger partial charge on any atom is 0.0765 e. The van der Waals surface area contributed by atoms with Crippen LogP contribution < -0.4 is 0 Å². The van der Waals surface area contributed by atoms with Crippen LogP contribution in [-0.2, 0) is 19.5 Å². The average molecular weight is 325 g/mol. The van der Waals surface area contributed by atoms with Crippen LogP contribution in [0, 0.1) is 5.41 Å². The van der Waals surface area contributed by atoms with Gasteiger partial charge in [0.15, 0.2) is 0 Å². The van der Waals surface area contributed by atoms with Crippen molar-refractivity contribution in [3.8, 4) is 0 Å². The van der Waals surface area contributed by atoms with E-state index in [1.54, 1.807) is 0 Å². The molecule has 2 saturated heterocycles. The van der Waals surface area contributed by atoms with Gasteiger partial charge >= 0.3 is 0 Å². The fraction of sp³-hybridized carbons (Fsp3) is 0.550. The van der Waals surface area contributed by atoms with Crippen molar-refractivity contribution in [3.05, 3.63) is 53.9 Å². The van der Waals surface area contributed by atoms with E-state index >= 15 is 0 Å². The molecule has 2 aliphatic heterocycles. The number of hydrogen-bond acceptors (Lipinski definition) is 3. The minimum Gasteiger partial charge on any atom is -0.396 e. The van der Waals surface area contributed by atoms with Gasteiger partial charge in [0.1, 0.15) is 0 Å². The Labute approximate surface area is 144 Å². The molecule has 1 aromatic carbocycles. The van der Waals surface area contributed by atoms with Crippen molar-refractivity contribution in [1.29, 1.82) is 0 Å². The zero-order valence-corrected chi connectivity index (χ0v) is 14.4. The van der Waals surface area contributed by atoms with Gasteiger partial charge in [0.25, 0.3) is 0 Å². The van der Waals surface area contributed by atoms with Crippen LogP contribution in [0.25, 0.3) is 0 Å². The molecule has 0 radical (unpaired) electrons. The first-order chi connectivity index (χ1) is 11.7. The molecule has 0 saturated carbocycles. The van der Waals surface area contributed by atoms with Gasteiger partial charge in [-0.15, -0.1) is 0 Å². The largest absolute Gasteiger partial charge is 0.396 e. The first-order valence-electron chi connectivity index (χ1n) is 9.17. The van der Waals surface area contributed by atoms with E-state index < -0.39 is 0 Å². The standard InChI is InChI=1S/C20H27N3O/c1-2-22-11-10-17(21-22)14-23-18-8-9-19(23)20(13-18,15-24)12-16-6-4-3-5-7-16/h3-7,10-11,18-19,24H,2,8-9,12-15H2,1H3/t18-,19+,20-/m1/s1. The number of rotatable bonds is 6. The maximum atomic E-state index is 10.3. The fourth-order valence-electron chi connectivity index (χ4n) is 4.93. The van der Waals surface area contributed by atoms with Crippen molar-refractivity contribution in [2.75, 3.05) is 6.61 Å². The van der Waals surface area contributed by atoms with Gasteiger partial charge in [-0.3, -0.25) is 9.58 Å². The molecular weight excluding hydrogens is 298 g/mol. The third kappa shape index (κ3) is 2.68. The molecule has 2 fully saturated rings. The Morgan fingerprint density at radius 1 is 1.21 bits per heavy atom. The second-order valence-electron chi connectivity index (χ2n) is 7.47. The number of hydrogen-bond donors (Lipinski definition) is 1. The molecule has 128 valence electrons. The number of aryl methyl sites for hydroxylation is 1. The quantitative estimate of drug-likeness (QED) is 0.888. The summed E-state index contributed by atoms with van der Waals surface area (Å²) in [6.45, 7) is 4.23. The Morgan fingerprint density at radius 3 is 2.75 bits per heavy atom. The summed E-state index contributed by atoms with van der Waals surface area (Å²) in [4.78, 5) is 2.61. The molecule has 0 unspecified atom stereocenters. The van der Waals surface area contributed by atoms with Crippen LogP contribution in [0.15, 0.2) is 42.6 Å². The van der Waals surface area contributed by atoms with Crippen LogP contribution >= 0.6 is 0 Å². The van der Waals surface area contributed by atoms with Gasteiger partial charge in [-0.2, -0.15) is 5.10 Å². The number of aliphatic hydroxyl groups is 1. The molecule has 2 aliphatic rings. The number of aromatic nitrogens is 2. The molecule has 4 heteroatoms. The van der Waals surface area contributed by atoms with Crippen molar-refractivity contribution < 1.29 is 5.11 Å². The monoisotopic (exact) mass is 325 g/mol. The van der Waals surface area contributed by atoms with Gasteiger partial charge in [-0.1, -0.05) is 30.3 Å². The molecule has 2 aromatic rings. The second kappa shape index (κ2) is 6.34. The number of fused-ring (bicyclic) bond motifs is 2. The third-order valence-electron chi connectivity index (χ3n) is 6.07. The Kier molecular flexibility index (Phi) is 4.19. The molecule has 3 heterocycles. The van der Waals surface area contributed by atoms with E-state index in [4.69, 9.17) is 0 Å². The summed E-state index contributed by atoms with van der Waals surface area (Å²) in [6.07, 6.45) is 6.61. The predicted molar refractivity (Wildman–Crippen MR) is 94.5 cm³/mol. The normalized spacial score (nSPS) is 29.4.